The molecule has 21 heavy (non-hydrogen) atoms. The Morgan fingerprint density at radius 3 is 2.90 bits per heavy atom. The van der Waals surface area contributed by atoms with Crippen molar-refractivity contribution in [3.63, 3.8) is 0 Å². The van der Waals surface area contributed by atoms with Crippen LogP contribution < -0.4 is 10.1 Å². The molecule has 0 radical (unpaired) electrons. The van der Waals surface area contributed by atoms with Gasteiger partial charge in [-0.3, -0.25) is 15.1 Å². The summed E-state index contributed by atoms with van der Waals surface area (Å²) in [7, 11) is 0. The van der Waals surface area contributed by atoms with E-state index in [-0.39, 0.29) is 28.4 Å². The lowest BCUT2D eigenvalue weighted by molar-refractivity contribution is -0.383. The highest BCUT2D eigenvalue weighted by molar-refractivity contribution is 5.92. The molecular formula is C14H14FN3O3. The predicted octanol–water partition coefficient (Wildman–Crippen LogP) is 2.41. The standard InChI is InChI=1S/C14H14FN3O3/c15-11-8-12(18(19)20)10-2-1-5-17-13(10)14(11)21-9-3-6-16-7-4-9/h1-2,5,8-9,16H,3-4,6-7H2. The van der Waals surface area contributed by atoms with Crippen LogP contribution >= 0.6 is 0 Å². The molecule has 2 aromatic rings. The number of nitro benzene ring substituents is 1. The minimum absolute atomic E-state index is 0.00287. The summed E-state index contributed by atoms with van der Waals surface area (Å²) in [5.41, 5.74) is -0.101. The summed E-state index contributed by atoms with van der Waals surface area (Å²) in [6.07, 6.45) is 2.91. The van der Waals surface area contributed by atoms with Crippen LogP contribution in [0.2, 0.25) is 0 Å². The smallest absolute Gasteiger partial charge is 0.281 e. The molecule has 0 bridgehead atoms. The second kappa shape index (κ2) is 5.61. The van der Waals surface area contributed by atoms with E-state index >= 15 is 0 Å². The average Bonchev–Trinajstić information content (AvgIpc) is 2.50. The Morgan fingerprint density at radius 1 is 1.43 bits per heavy atom. The molecule has 1 N–H and O–H groups in total. The maximum absolute atomic E-state index is 14.2. The number of nitrogens with zero attached hydrogens (tertiary/aromatic N) is 2. The molecule has 6 nitrogen and oxygen atoms in total. The third-order valence-electron chi connectivity index (χ3n) is 3.55. The molecule has 0 spiro atoms. The average molecular weight is 291 g/mol. The van der Waals surface area contributed by atoms with Crippen LogP contribution in [0.1, 0.15) is 12.8 Å². The lowest BCUT2D eigenvalue weighted by atomic mass is 10.1. The van der Waals surface area contributed by atoms with Crippen molar-refractivity contribution in [1.29, 1.82) is 0 Å². The number of halogens is 1. The Balaban J connectivity index is 2.07. The first-order chi connectivity index (χ1) is 10.2. The number of non-ortho nitro benzene ring substituents is 1. The molecule has 0 saturated carbocycles. The van der Waals surface area contributed by atoms with Crippen LogP contribution in [-0.2, 0) is 0 Å². The molecule has 1 saturated heterocycles. The third-order valence-corrected chi connectivity index (χ3v) is 3.55. The first-order valence-corrected chi connectivity index (χ1v) is 6.76. The topological polar surface area (TPSA) is 77.3 Å². The van der Waals surface area contributed by atoms with Crippen LogP contribution in [0.3, 0.4) is 0 Å². The van der Waals surface area contributed by atoms with Crippen molar-refractivity contribution in [3.05, 3.63) is 40.3 Å². The number of hydrogen-bond acceptors (Lipinski definition) is 5. The molecule has 0 amide bonds. The zero-order valence-electron chi connectivity index (χ0n) is 11.2. The van der Waals surface area contributed by atoms with E-state index in [0.29, 0.717) is 0 Å². The maximum Gasteiger partial charge on any atom is 0.281 e. The molecule has 1 aromatic carbocycles. The number of pyridine rings is 1. The van der Waals surface area contributed by atoms with Gasteiger partial charge >= 0.3 is 0 Å². The van der Waals surface area contributed by atoms with E-state index in [0.717, 1.165) is 32.0 Å². The van der Waals surface area contributed by atoms with Crippen LogP contribution in [0.15, 0.2) is 24.4 Å². The number of benzene rings is 1. The van der Waals surface area contributed by atoms with E-state index < -0.39 is 10.7 Å². The van der Waals surface area contributed by atoms with Gasteiger partial charge in [0.2, 0.25) is 0 Å². The van der Waals surface area contributed by atoms with Crippen molar-refractivity contribution in [2.75, 3.05) is 13.1 Å². The molecule has 1 aliphatic heterocycles. The highest BCUT2D eigenvalue weighted by atomic mass is 19.1. The quantitative estimate of drug-likeness (QED) is 0.694. The lowest BCUT2D eigenvalue weighted by Gasteiger charge is -2.24. The van der Waals surface area contributed by atoms with Crippen molar-refractivity contribution < 1.29 is 14.1 Å². The van der Waals surface area contributed by atoms with Crippen molar-refractivity contribution in [3.8, 4) is 5.75 Å². The van der Waals surface area contributed by atoms with Gasteiger partial charge in [-0.25, -0.2) is 4.39 Å². The van der Waals surface area contributed by atoms with E-state index in [4.69, 9.17) is 4.74 Å². The Hall–Kier alpha value is -2.28. The summed E-state index contributed by atoms with van der Waals surface area (Å²) in [4.78, 5) is 14.5. The van der Waals surface area contributed by atoms with Crippen molar-refractivity contribution in [1.82, 2.24) is 10.3 Å². The van der Waals surface area contributed by atoms with Gasteiger partial charge in [-0.05, 0) is 38.1 Å². The van der Waals surface area contributed by atoms with Crippen LogP contribution in [0.25, 0.3) is 10.9 Å². The predicted molar refractivity (Wildman–Crippen MR) is 74.9 cm³/mol. The zero-order valence-corrected chi connectivity index (χ0v) is 11.2. The normalized spacial score (nSPS) is 16.0. The maximum atomic E-state index is 14.2. The fraction of sp³-hybridized carbons (Fsp3) is 0.357. The fourth-order valence-corrected chi connectivity index (χ4v) is 2.51. The number of nitrogens with one attached hydrogen (secondary N) is 1. The Labute approximate surface area is 120 Å². The molecule has 1 fully saturated rings. The third kappa shape index (κ3) is 2.64. The van der Waals surface area contributed by atoms with E-state index in [9.17, 15) is 14.5 Å². The van der Waals surface area contributed by atoms with Gasteiger partial charge in [0.1, 0.15) is 11.6 Å². The van der Waals surface area contributed by atoms with E-state index in [1.807, 2.05) is 0 Å². The summed E-state index contributed by atoms with van der Waals surface area (Å²) >= 11 is 0. The van der Waals surface area contributed by atoms with Gasteiger partial charge in [0.25, 0.3) is 5.69 Å². The van der Waals surface area contributed by atoms with E-state index in [1.165, 1.54) is 6.20 Å². The minimum atomic E-state index is -0.744. The molecule has 7 heteroatoms. The molecule has 1 aliphatic rings. The molecule has 3 rings (SSSR count). The van der Waals surface area contributed by atoms with Gasteiger partial charge in [0.05, 0.1) is 16.4 Å². The summed E-state index contributed by atoms with van der Waals surface area (Å²) in [5.74, 6) is -0.741. The number of hydrogen-bond donors (Lipinski definition) is 1. The summed E-state index contributed by atoms with van der Waals surface area (Å²) < 4.78 is 19.9. The van der Waals surface area contributed by atoms with Gasteiger partial charge in [0, 0.05) is 6.20 Å². The van der Waals surface area contributed by atoms with Crippen LogP contribution in [-0.4, -0.2) is 29.1 Å². The highest BCUT2D eigenvalue weighted by Gasteiger charge is 2.24. The number of fused-ring (bicyclic) bond motifs is 1. The van der Waals surface area contributed by atoms with Crippen molar-refractivity contribution >= 4 is 16.6 Å². The largest absolute Gasteiger partial charge is 0.485 e. The molecule has 2 heterocycles. The SMILES string of the molecule is O=[N+]([O-])c1cc(F)c(OC2CCNCC2)c2ncccc12. The minimum Gasteiger partial charge on any atom is -0.485 e. The second-order valence-corrected chi connectivity index (χ2v) is 4.93. The summed E-state index contributed by atoms with van der Waals surface area (Å²) in [6, 6.07) is 4.04. The molecule has 0 atom stereocenters. The zero-order chi connectivity index (χ0) is 14.8. The molecule has 0 unspecified atom stereocenters. The summed E-state index contributed by atoms with van der Waals surface area (Å²) in [5, 5.41) is 14.5. The van der Waals surface area contributed by atoms with E-state index in [2.05, 4.69) is 10.3 Å². The van der Waals surface area contributed by atoms with Gasteiger partial charge in [-0.2, -0.15) is 0 Å². The fourth-order valence-electron chi connectivity index (χ4n) is 2.51. The Kier molecular flexibility index (Phi) is 3.66. The summed E-state index contributed by atoms with van der Waals surface area (Å²) in [6.45, 7) is 1.62. The number of nitro groups is 1. The van der Waals surface area contributed by atoms with Gasteiger partial charge < -0.3 is 10.1 Å². The molecule has 0 aliphatic carbocycles. The molecule has 110 valence electrons. The van der Waals surface area contributed by atoms with Crippen LogP contribution in [0.4, 0.5) is 10.1 Å². The van der Waals surface area contributed by atoms with Gasteiger partial charge in [-0.1, -0.05) is 0 Å². The number of aromatic nitrogens is 1. The second-order valence-electron chi connectivity index (χ2n) is 4.93. The number of piperidine rings is 1. The molecule has 1 aromatic heterocycles. The van der Waals surface area contributed by atoms with Gasteiger partial charge in [-0.15, -0.1) is 0 Å². The monoisotopic (exact) mass is 291 g/mol. The Bertz CT molecular complexity index is 686. The van der Waals surface area contributed by atoms with Crippen molar-refractivity contribution in [2.24, 2.45) is 0 Å². The first-order valence-electron chi connectivity index (χ1n) is 6.76. The molecular weight excluding hydrogens is 277 g/mol. The van der Waals surface area contributed by atoms with Gasteiger partial charge in [0.15, 0.2) is 11.6 Å². The van der Waals surface area contributed by atoms with Crippen LogP contribution in [0, 0.1) is 15.9 Å². The highest BCUT2D eigenvalue weighted by Crippen LogP contribution is 2.35. The lowest BCUT2D eigenvalue weighted by Crippen LogP contribution is -2.34. The number of rotatable bonds is 3. The Morgan fingerprint density at radius 2 is 2.19 bits per heavy atom. The number of ether oxygens (including phenoxy) is 1. The van der Waals surface area contributed by atoms with Crippen LogP contribution in [0.5, 0.6) is 5.75 Å². The first kappa shape index (κ1) is 13.7. The van der Waals surface area contributed by atoms with Crippen molar-refractivity contribution in [2.45, 2.75) is 18.9 Å². The van der Waals surface area contributed by atoms with E-state index in [1.54, 1.807) is 12.1 Å².